The van der Waals surface area contributed by atoms with Crippen LogP contribution in [0.5, 0.6) is 5.75 Å². The molecule has 162 valence electrons. The summed E-state index contributed by atoms with van der Waals surface area (Å²) in [5.41, 5.74) is -1.99. The van der Waals surface area contributed by atoms with Gasteiger partial charge in [-0.3, -0.25) is 4.79 Å². The number of ether oxygens (including phenoxy) is 2. The number of nitrogens with one attached hydrogen (secondary N) is 2. The van der Waals surface area contributed by atoms with E-state index in [0.717, 1.165) is 25.0 Å². The Morgan fingerprint density at radius 2 is 1.66 bits per heavy atom. The Morgan fingerprint density at radius 1 is 1.07 bits per heavy atom. The van der Waals surface area contributed by atoms with E-state index < -0.39 is 34.9 Å². The van der Waals surface area contributed by atoms with Gasteiger partial charge in [0.05, 0.1) is 11.1 Å². The summed E-state index contributed by atoms with van der Waals surface area (Å²) in [6.07, 6.45) is -1.75. The molecule has 0 aromatic heterocycles. The van der Waals surface area contributed by atoms with Crippen molar-refractivity contribution < 1.29 is 32.2 Å². The predicted octanol–water partition coefficient (Wildman–Crippen LogP) is 4.04. The third-order valence-electron chi connectivity index (χ3n) is 4.49. The summed E-state index contributed by atoms with van der Waals surface area (Å²) < 4.78 is 48.2. The van der Waals surface area contributed by atoms with Gasteiger partial charge in [-0.05, 0) is 57.9 Å². The molecule has 29 heavy (non-hydrogen) atoms. The van der Waals surface area contributed by atoms with E-state index in [4.69, 9.17) is 9.47 Å². The molecule has 0 unspecified atom stereocenters. The molecule has 0 heterocycles. The molecule has 1 aromatic rings. The number of alkyl carbamates (subject to hydrolysis) is 1. The minimum Gasteiger partial charge on any atom is -0.484 e. The SMILES string of the molecule is CC(C)(C)OC(=O)NCC1(NC(=O)COc2ccc(C(F)(F)F)cc2)CCCC1. The minimum atomic E-state index is -4.42. The fourth-order valence-corrected chi connectivity index (χ4v) is 3.17. The largest absolute Gasteiger partial charge is 0.484 e. The summed E-state index contributed by atoms with van der Waals surface area (Å²) in [6, 6.07) is 4.14. The van der Waals surface area contributed by atoms with Crippen molar-refractivity contribution in [2.24, 2.45) is 0 Å². The number of alkyl halides is 3. The third-order valence-corrected chi connectivity index (χ3v) is 4.49. The maximum absolute atomic E-state index is 12.6. The van der Waals surface area contributed by atoms with E-state index in [2.05, 4.69) is 10.6 Å². The molecule has 0 spiro atoms. The van der Waals surface area contributed by atoms with Gasteiger partial charge < -0.3 is 20.1 Å². The number of amides is 2. The molecule has 0 saturated heterocycles. The van der Waals surface area contributed by atoms with E-state index in [9.17, 15) is 22.8 Å². The van der Waals surface area contributed by atoms with Gasteiger partial charge in [0, 0.05) is 6.54 Å². The monoisotopic (exact) mass is 416 g/mol. The van der Waals surface area contributed by atoms with E-state index in [-0.39, 0.29) is 18.9 Å². The topological polar surface area (TPSA) is 76.7 Å². The summed E-state index contributed by atoms with van der Waals surface area (Å²) in [7, 11) is 0. The van der Waals surface area contributed by atoms with Crippen LogP contribution < -0.4 is 15.4 Å². The third kappa shape index (κ3) is 7.47. The van der Waals surface area contributed by atoms with Gasteiger partial charge in [-0.2, -0.15) is 13.2 Å². The molecule has 2 N–H and O–H groups in total. The maximum atomic E-state index is 12.6. The molecule has 0 atom stereocenters. The van der Waals surface area contributed by atoms with Gasteiger partial charge in [0.15, 0.2) is 6.61 Å². The summed E-state index contributed by atoms with van der Waals surface area (Å²) in [6.45, 7) is 5.18. The van der Waals surface area contributed by atoms with Crippen molar-refractivity contribution in [2.45, 2.75) is 63.8 Å². The smallest absolute Gasteiger partial charge is 0.416 e. The van der Waals surface area contributed by atoms with Crippen molar-refractivity contribution in [3.05, 3.63) is 29.8 Å². The standard InChI is InChI=1S/C20H27F3N2O4/c1-18(2,3)29-17(27)24-13-19(10-4-5-11-19)25-16(26)12-28-15-8-6-14(7-9-15)20(21,22)23/h6-9H,4-5,10-13H2,1-3H3,(H,24,27)(H,25,26). The predicted molar refractivity (Wildman–Crippen MR) is 101 cm³/mol. The van der Waals surface area contributed by atoms with Crippen molar-refractivity contribution in [1.82, 2.24) is 10.6 Å². The van der Waals surface area contributed by atoms with Crippen LogP contribution in [-0.2, 0) is 15.7 Å². The second kappa shape index (κ2) is 8.92. The van der Waals surface area contributed by atoms with Gasteiger partial charge >= 0.3 is 12.3 Å². The Kier molecular flexibility index (Phi) is 7.02. The molecule has 1 fully saturated rings. The molecule has 0 radical (unpaired) electrons. The number of carbonyl (C=O) groups is 2. The lowest BCUT2D eigenvalue weighted by Crippen LogP contribution is -2.55. The molecule has 0 bridgehead atoms. The van der Waals surface area contributed by atoms with Crippen LogP contribution in [0.3, 0.4) is 0 Å². The zero-order valence-corrected chi connectivity index (χ0v) is 16.8. The molecule has 2 amide bonds. The van der Waals surface area contributed by atoms with Crippen LogP contribution in [0.4, 0.5) is 18.0 Å². The molecule has 1 aliphatic carbocycles. The number of carbonyl (C=O) groups excluding carboxylic acids is 2. The van der Waals surface area contributed by atoms with Crippen LogP contribution in [0.25, 0.3) is 0 Å². The van der Waals surface area contributed by atoms with Crippen LogP contribution in [0.15, 0.2) is 24.3 Å². The normalized spacial score (nSPS) is 16.2. The Balaban J connectivity index is 1.87. The lowest BCUT2D eigenvalue weighted by Gasteiger charge is -2.31. The fourth-order valence-electron chi connectivity index (χ4n) is 3.17. The van der Waals surface area contributed by atoms with E-state index >= 15 is 0 Å². The quantitative estimate of drug-likeness (QED) is 0.734. The van der Waals surface area contributed by atoms with Gasteiger partial charge in [0.1, 0.15) is 11.4 Å². The van der Waals surface area contributed by atoms with E-state index in [0.29, 0.717) is 12.8 Å². The Morgan fingerprint density at radius 3 is 2.17 bits per heavy atom. The van der Waals surface area contributed by atoms with Crippen LogP contribution in [-0.4, -0.2) is 36.3 Å². The summed E-state index contributed by atoms with van der Waals surface area (Å²) in [5.74, 6) is -0.238. The van der Waals surface area contributed by atoms with E-state index in [1.165, 1.54) is 12.1 Å². The molecule has 1 aliphatic rings. The van der Waals surface area contributed by atoms with E-state index in [1.54, 1.807) is 20.8 Å². The van der Waals surface area contributed by atoms with Crippen molar-refractivity contribution in [3.63, 3.8) is 0 Å². The van der Waals surface area contributed by atoms with Gasteiger partial charge in [0.2, 0.25) is 0 Å². The molecule has 1 saturated carbocycles. The first-order chi connectivity index (χ1) is 13.4. The lowest BCUT2D eigenvalue weighted by atomic mass is 9.97. The summed E-state index contributed by atoms with van der Waals surface area (Å²) in [5, 5.41) is 5.60. The number of benzene rings is 1. The van der Waals surface area contributed by atoms with Gasteiger partial charge in [-0.1, -0.05) is 12.8 Å². The maximum Gasteiger partial charge on any atom is 0.416 e. The average Bonchev–Trinajstić information content (AvgIpc) is 3.05. The molecular formula is C20H27F3N2O4. The fraction of sp³-hybridized carbons (Fsp3) is 0.600. The Labute approximate surface area is 168 Å². The van der Waals surface area contributed by atoms with Gasteiger partial charge in [-0.15, -0.1) is 0 Å². The Bertz CT molecular complexity index is 706. The molecule has 2 rings (SSSR count). The first-order valence-electron chi connectivity index (χ1n) is 9.47. The summed E-state index contributed by atoms with van der Waals surface area (Å²) >= 11 is 0. The molecule has 0 aliphatic heterocycles. The Hall–Kier alpha value is -2.45. The number of rotatable bonds is 6. The molecule has 9 heteroatoms. The van der Waals surface area contributed by atoms with Crippen molar-refractivity contribution in [2.75, 3.05) is 13.2 Å². The number of hydrogen-bond donors (Lipinski definition) is 2. The first-order valence-corrected chi connectivity index (χ1v) is 9.47. The highest BCUT2D eigenvalue weighted by molar-refractivity contribution is 5.78. The van der Waals surface area contributed by atoms with Crippen molar-refractivity contribution in [3.8, 4) is 5.75 Å². The van der Waals surface area contributed by atoms with Gasteiger partial charge in [0.25, 0.3) is 5.91 Å². The lowest BCUT2D eigenvalue weighted by molar-refractivity contribution is -0.137. The zero-order chi connectivity index (χ0) is 21.7. The highest BCUT2D eigenvalue weighted by Crippen LogP contribution is 2.31. The number of halogens is 3. The highest BCUT2D eigenvalue weighted by Gasteiger charge is 2.36. The second-order valence-corrected chi connectivity index (χ2v) is 8.20. The first kappa shape index (κ1) is 22.8. The zero-order valence-electron chi connectivity index (χ0n) is 16.8. The van der Waals surface area contributed by atoms with Crippen molar-refractivity contribution >= 4 is 12.0 Å². The highest BCUT2D eigenvalue weighted by atomic mass is 19.4. The second-order valence-electron chi connectivity index (χ2n) is 8.20. The summed E-state index contributed by atoms with van der Waals surface area (Å²) in [4.78, 5) is 24.2. The van der Waals surface area contributed by atoms with Gasteiger partial charge in [-0.25, -0.2) is 4.79 Å². The molecule has 1 aromatic carbocycles. The van der Waals surface area contributed by atoms with Crippen LogP contribution >= 0.6 is 0 Å². The number of hydrogen-bond acceptors (Lipinski definition) is 4. The molecular weight excluding hydrogens is 389 g/mol. The van der Waals surface area contributed by atoms with Crippen molar-refractivity contribution in [1.29, 1.82) is 0 Å². The van der Waals surface area contributed by atoms with E-state index in [1.807, 2.05) is 0 Å². The van der Waals surface area contributed by atoms with Crippen LogP contribution in [0.1, 0.15) is 52.0 Å². The molecule has 6 nitrogen and oxygen atoms in total. The average molecular weight is 416 g/mol. The minimum absolute atomic E-state index is 0.167. The van der Waals surface area contributed by atoms with Crippen LogP contribution in [0.2, 0.25) is 0 Å². The van der Waals surface area contributed by atoms with Crippen LogP contribution in [0, 0.1) is 0 Å².